The van der Waals surface area contributed by atoms with Gasteiger partial charge < -0.3 is 0 Å². The number of rotatable bonds is 6. The van der Waals surface area contributed by atoms with Gasteiger partial charge in [0.25, 0.3) is 0 Å². The molecule has 378 valence electrons. The first-order valence-electron chi connectivity index (χ1n) is 22.9. The standard InChI is InChI=1S/C10H10F4.C10H12F2.2C10H13F.C9H10ClF.C9H11F/c1-6(2)8-5-7(10(12,13)14)3-4-9(8)11;1-6(2)10-8(11)4-7(3)5-9(10)12;2*1-7(2)9-5-4-8(3)6-10(9)11;1-6(2)9-7(10)4-3-5-8(9)11;1-7(2)8-5-3-4-6-9(8)10/h3-6H,1-2H3;4-6H,1-3H3;2*4-7H,1-3H3;3-6H,1-2H3;3-7H,1-2H3. The van der Waals surface area contributed by atoms with Crippen molar-refractivity contribution in [1.29, 1.82) is 0 Å². The zero-order valence-electron chi connectivity index (χ0n) is 42.5. The topological polar surface area (TPSA) is 0 Å². The average Bonchev–Trinajstić information content (AvgIpc) is 3.21. The molecule has 0 bridgehead atoms. The number of alkyl halides is 3. The summed E-state index contributed by atoms with van der Waals surface area (Å²) < 4.78 is 128. The van der Waals surface area contributed by atoms with Crippen LogP contribution in [-0.4, -0.2) is 0 Å². The summed E-state index contributed by atoms with van der Waals surface area (Å²) in [6.07, 6.45) is -4.41. The highest BCUT2D eigenvalue weighted by Crippen LogP contribution is 2.32. The van der Waals surface area contributed by atoms with E-state index in [9.17, 15) is 43.9 Å². The quantitative estimate of drug-likeness (QED) is 0.146. The van der Waals surface area contributed by atoms with Crippen molar-refractivity contribution in [3.05, 3.63) is 211 Å². The molecular formula is C58H69ClF10. The van der Waals surface area contributed by atoms with Crippen molar-refractivity contribution in [2.75, 3.05) is 0 Å². The maximum Gasteiger partial charge on any atom is 0.416 e. The van der Waals surface area contributed by atoms with Crippen LogP contribution < -0.4 is 0 Å². The Morgan fingerprint density at radius 1 is 0.333 bits per heavy atom. The van der Waals surface area contributed by atoms with Gasteiger partial charge in [-0.2, -0.15) is 13.2 Å². The van der Waals surface area contributed by atoms with E-state index in [1.807, 2.05) is 106 Å². The molecule has 0 fully saturated rings. The summed E-state index contributed by atoms with van der Waals surface area (Å²) in [4.78, 5) is 0. The van der Waals surface area contributed by atoms with E-state index in [1.165, 1.54) is 24.3 Å². The molecule has 0 aliphatic carbocycles. The second kappa shape index (κ2) is 29.2. The van der Waals surface area contributed by atoms with Crippen LogP contribution in [0.15, 0.2) is 109 Å². The Balaban J connectivity index is 0.000000415. The van der Waals surface area contributed by atoms with E-state index < -0.39 is 29.2 Å². The lowest BCUT2D eigenvalue weighted by atomic mass is 10.00. The molecule has 0 amide bonds. The van der Waals surface area contributed by atoms with Crippen LogP contribution in [-0.2, 0) is 6.18 Å². The number of benzene rings is 6. The van der Waals surface area contributed by atoms with Crippen LogP contribution in [0.1, 0.15) is 174 Å². The summed E-state index contributed by atoms with van der Waals surface area (Å²) in [5, 5.41) is 0.514. The number of halogens is 11. The summed E-state index contributed by atoms with van der Waals surface area (Å²) in [5.41, 5.74) is 5.05. The smallest absolute Gasteiger partial charge is 0.207 e. The van der Waals surface area contributed by atoms with Crippen molar-refractivity contribution >= 4 is 11.6 Å². The first kappa shape index (κ1) is 61.9. The molecule has 6 aromatic carbocycles. The van der Waals surface area contributed by atoms with Crippen LogP contribution in [0.3, 0.4) is 0 Å². The van der Waals surface area contributed by atoms with Gasteiger partial charge in [0.15, 0.2) is 0 Å². The third-order valence-corrected chi connectivity index (χ3v) is 10.7. The Labute approximate surface area is 410 Å². The van der Waals surface area contributed by atoms with Crippen LogP contribution in [0.25, 0.3) is 0 Å². The molecule has 0 aromatic heterocycles. The number of hydrogen-bond acceptors (Lipinski definition) is 0. The zero-order valence-corrected chi connectivity index (χ0v) is 43.3. The SMILES string of the molecule is CC(C)c1c(F)cccc1Cl.CC(C)c1cc(C(F)(F)F)ccc1F.CC(C)c1ccccc1F.Cc1cc(F)c(C(C)C)c(F)c1.Cc1ccc(C(C)C)c(F)c1.Cc1ccc(C(C)C)c(F)c1. The maximum atomic E-state index is 13.1. The van der Waals surface area contributed by atoms with Gasteiger partial charge in [0.2, 0.25) is 0 Å². The Morgan fingerprint density at radius 2 is 0.710 bits per heavy atom. The molecule has 0 N–H and O–H groups in total. The minimum absolute atomic E-state index is 0.0833. The van der Waals surface area contributed by atoms with Crippen LogP contribution in [0.4, 0.5) is 43.9 Å². The summed E-state index contributed by atoms with van der Waals surface area (Å²) in [5.74, 6) is -1.35. The first-order chi connectivity index (χ1) is 31.9. The van der Waals surface area contributed by atoms with E-state index in [4.69, 9.17) is 11.6 Å². The van der Waals surface area contributed by atoms with Crippen molar-refractivity contribution in [3.8, 4) is 0 Å². The molecule has 0 radical (unpaired) electrons. The summed E-state index contributed by atoms with van der Waals surface area (Å²) in [6.45, 7) is 28.1. The van der Waals surface area contributed by atoms with E-state index in [-0.39, 0.29) is 69.9 Å². The van der Waals surface area contributed by atoms with E-state index >= 15 is 0 Å². The monoisotopic (exact) mass is 990 g/mol. The molecule has 11 heteroatoms. The molecule has 0 saturated carbocycles. The summed E-state index contributed by atoms with van der Waals surface area (Å²) >= 11 is 5.78. The van der Waals surface area contributed by atoms with Gasteiger partial charge in [-0.25, -0.2) is 30.7 Å². The molecule has 6 rings (SSSR count). The Bertz CT molecular complexity index is 2380. The summed E-state index contributed by atoms with van der Waals surface area (Å²) in [7, 11) is 0. The molecule has 0 aliphatic rings. The van der Waals surface area contributed by atoms with E-state index in [1.54, 1.807) is 65.0 Å². The molecule has 0 heterocycles. The highest BCUT2D eigenvalue weighted by Gasteiger charge is 2.31. The van der Waals surface area contributed by atoms with Gasteiger partial charge in [-0.05, 0) is 156 Å². The molecule has 69 heavy (non-hydrogen) atoms. The molecular weight excluding hydrogens is 922 g/mol. The minimum atomic E-state index is -4.41. The second-order valence-electron chi connectivity index (χ2n) is 18.5. The van der Waals surface area contributed by atoms with E-state index in [2.05, 4.69) is 0 Å². The average molecular weight is 992 g/mol. The zero-order chi connectivity index (χ0) is 53.1. The molecule has 0 saturated heterocycles. The molecule has 6 aromatic rings. The lowest BCUT2D eigenvalue weighted by Crippen LogP contribution is -2.06. The lowest BCUT2D eigenvalue weighted by molar-refractivity contribution is -0.137. The lowest BCUT2D eigenvalue weighted by Gasteiger charge is -2.11. The third-order valence-electron chi connectivity index (χ3n) is 10.4. The Morgan fingerprint density at radius 3 is 1.04 bits per heavy atom. The Kier molecular flexibility index (Phi) is 26.2. The van der Waals surface area contributed by atoms with Gasteiger partial charge in [0, 0.05) is 16.1 Å². The second-order valence-corrected chi connectivity index (χ2v) is 18.9. The molecule has 0 spiro atoms. The van der Waals surface area contributed by atoms with Gasteiger partial charge in [-0.3, -0.25) is 0 Å². The fourth-order valence-corrected chi connectivity index (χ4v) is 7.01. The minimum Gasteiger partial charge on any atom is -0.207 e. The van der Waals surface area contributed by atoms with E-state index in [0.29, 0.717) is 16.1 Å². The predicted molar refractivity (Wildman–Crippen MR) is 267 cm³/mol. The number of aryl methyl sites for hydroxylation is 3. The van der Waals surface area contributed by atoms with Crippen LogP contribution in [0, 0.1) is 61.5 Å². The maximum absolute atomic E-state index is 13.1. The van der Waals surface area contributed by atoms with Crippen molar-refractivity contribution in [1.82, 2.24) is 0 Å². The van der Waals surface area contributed by atoms with Crippen LogP contribution in [0.5, 0.6) is 0 Å². The fraction of sp³-hybridized carbons (Fsp3) is 0.379. The largest absolute Gasteiger partial charge is 0.416 e. The van der Waals surface area contributed by atoms with Gasteiger partial charge in [-0.15, -0.1) is 0 Å². The molecule has 0 atom stereocenters. The molecule has 0 nitrogen and oxygen atoms in total. The van der Waals surface area contributed by atoms with Crippen LogP contribution >= 0.6 is 11.6 Å². The highest BCUT2D eigenvalue weighted by atomic mass is 35.5. The summed E-state index contributed by atoms with van der Waals surface area (Å²) in [6, 6.07) is 27.6. The fourth-order valence-electron chi connectivity index (χ4n) is 6.63. The predicted octanol–water partition coefficient (Wildman–Crippen LogP) is 20.4. The van der Waals surface area contributed by atoms with Crippen molar-refractivity contribution in [3.63, 3.8) is 0 Å². The van der Waals surface area contributed by atoms with Gasteiger partial charge in [0.05, 0.1) is 5.56 Å². The Hall–Kier alpha value is -5.09. The third kappa shape index (κ3) is 21.2. The number of hydrogen-bond donors (Lipinski definition) is 0. The van der Waals surface area contributed by atoms with Crippen molar-refractivity contribution in [2.24, 2.45) is 0 Å². The van der Waals surface area contributed by atoms with Gasteiger partial charge in [0.1, 0.15) is 40.7 Å². The molecule has 0 unspecified atom stereocenters. The van der Waals surface area contributed by atoms with Crippen molar-refractivity contribution < 1.29 is 43.9 Å². The van der Waals surface area contributed by atoms with Crippen molar-refractivity contribution in [2.45, 2.75) is 146 Å². The molecule has 0 aliphatic heterocycles. The van der Waals surface area contributed by atoms with Crippen LogP contribution in [0.2, 0.25) is 5.02 Å². The van der Waals surface area contributed by atoms with Gasteiger partial charge >= 0.3 is 6.18 Å². The first-order valence-corrected chi connectivity index (χ1v) is 23.3. The van der Waals surface area contributed by atoms with Gasteiger partial charge in [-0.1, -0.05) is 143 Å². The highest BCUT2D eigenvalue weighted by molar-refractivity contribution is 6.31. The van der Waals surface area contributed by atoms with E-state index in [0.717, 1.165) is 46.0 Å². The normalized spacial score (nSPS) is 11.0.